The minimum Gasteiger partial charge on any atom is -0.394 e. The fourth-order valence-corrected chi connectivity index (χ4v) is 2.18. The number of nitrogens with one attached hydrogen (secondary N) is 1. The molecule has 1 aromatic carbocycles. The van der Waals surface area contributed by atoms with E-state index in [0.29, 0.717) is 28.3 Å². The van der Waals surface area contributed by atoms with Crippen LogP contribution >= 0.6 is 0 Å². The Kier molecular flexibility index (Phi) is 2.50. The van der Waals surface area contributed by atoms with Gasteiger partial charge < -0.3 is 11.1 Å². The summed E-state index contributed by atoms with van der Waals surface area (Å²) in [6.07, 6.45) is 1.68. The van der Waals surface area contributed by atoms with Crippen molar-refractivity contribution < 1.29 is 9.59 Å². The molecule has 1 aliphatic rings. The van der Waals surface area contributed by atoms with Crippen molar-refractivity contribution in [1.29, 1.82) is 0 Å². The van der Waals surface area contributed by atoms with E-state index >= 15 is 0 Å². The van der Waals surface area contributed by atoms with Crippen LogP contribution in [-0.2, 0) is 7.05 Å². The molecule has 1 aromatic heterocycles. The highest BCUT2D eigenvalue weighted by molar-refractivity contribution is 6.21. The molecule has 3 rings (SSSR count). The highest BCUT2D eigenvalue weighted by atomic mass is 16.2. The molecule has 0 unspecified atom stereocenters. The van der Waals surface area contributed by atoms with Crippen LogP contribution in [-0.4, -0.2) is 33.5 Å². The number of rotatable bonds is 2. The van der Waals surface area contributed by atoms with Crippen LogP contribution in [0.1, 0.15) is 20.7 Å². The number of aromatic nitrogens is 2. The number of nitrogen functional groups attached to an aromatic ring is 1. The summed E-state index contributed by atoms with van der Waals surface area (Å²) in [5.74, 6) is -0.0749. The van der Waals surface area contributed by atoms with Crippen molar-refractivity contribution in [1.82, 2.24) is 14.7 Å². The van der Waals surface area contributed by atoms with Crippen molar-refractivity contribution in [2.24, 2.45) is 7.05 Å². The van der Waals surface area contributed by atoms with E-state index in [9.17, 15) is 9.59 Å². The third-order valence-electron chi connectivity index (χ3n) is 3.21. The number of aryl methyl sites for hydroxylation is 1. The summed E-state index contributed by atoms with van der Waals surface area (Å²) >= 11 is 0. The topological polar surface area (TPSA) is 93.2 Å². The molecule has 0 radical (unpaired) electrons. The molecule has 3 N–H and O–H groups in total. The molecule has 2 aromatic rings. The van der Waals surface area contributed by atoms with Gasteiger partial charge in [-0.2, -0.15) is 5.10 Å². The van der Waals surface area contributed by atoms with E-state index in [2.05, 4.69) is 10.4 Å². The third-order valence-corrected chi connectivity index (χ3v) is 3.21. The van der Waals surface area contributed by atoms with Gasteiger partial charge in [0.25, 0.3) is 11.8 Å². The third kappa shape index (κ3) is 1.71. The highest BCUT2D eigenvalue weighted by Crippen LogP contribution is 2.27. The maximum atomic E-state index is 11.9. The number of anilines is 3. The van der Waals surface area contributed by atoms with Crippen molar-refractivity contribution in [3.05, 3.63) is 35.5 Å². The molecule has 0 bridgehead atoms. The summed E-state index contributed by atoms with van der Waals surface area (Å²) in [6, 6.07) is 4.98. The zero-order valence-electron chi connectivity index (χ0n) is 11.0. The average Bonchev–Trinajstić information content (AvgIpc) is 2.83. The lowest BCUT2D eigenvalue weighted by Gasteiger charge is -2.05. The van der Waals surface area contributed by atoms with Gasteiger partial charge in [0.15, 0.2) is 5.82 Å². The Bertz CT molecular complexity index is 734. The lowest BCUT2D eigenvalue weighted by Crippen LogP contribution is -2.24. The Morgan fingerprint density at radius 2 is 1.85 bits per heavy atom. The Morgan fingerprint density at radius 3 is 2.50 bits per heavy atom. The monoisotopic (exact) mass is 271 g/mol. The largest absolute Gasteiger partial charge is 0.394 e. The van der Waals surface area contributed by atoms with Gasteiger partial charge in [0.05, 0.1) is 16.8 Å². The van der Waals surface area contributed by atoms with Crippen LogP contribution < -0.4 is 11.1 Å². The van der Waals surface area contributed by atoms with E-state index in [1.807, 2.05) is 0 Å². The van der Waals surface area contributed by atoms with Gasteiger partial charge in [-0.1, -0.05) is 0 Å². The van der Waals surface area contributed by atoms with Crippen LogP contribution in [0.25, 0.3) is 0 Å². The predicted octanol–water partition coefficient (Wildman–Crippen LogP) is 0.972. The molecule has 1 aliphatic heterocycles. The van der Waals surface area contributed by atoms with E-state index in [4.69, 9.17) is 5.73 Å². The van der Waals surface area contributed by atoms with Gasteiger partial charge in [-0.15, -0.1) is 0 Å². The number of fused-ring (bicyclic) bond motifs is 1. The molecule has 2 heterocycles. The first-order valence-electron chi connectivity index (χ1n) is 6.00. The summed E-state index contributed by atoms with van der Waals surface area (Å²) in [4.78, 5) is 24.8. The van der Waals surface area contributed by atoms with E-state index < -0.39 is 0 Å². The normalized spacial score (nSPS) is 13.8. The molecular weight excluding hydrogens is 258 g/mol. The second-order valence-electron chi connectivity index (χ2n) is 4.66. The molecule has 0 saturated heterocycles. The van der Waals surface area contributed by atoms with E-state index in [1.54, 1.807) is 36.1 Å². The molecule has 7 heteroatoms. The molecule has 0 spiro atoms. The number of amides is 2. The van der Waals surface area contributed by atoms with Gasteiger partial charge >= 0.3 is 0 Å². The van der Waals surface area contributed by atoms with Gasteiger partial charge in [-0.25, -0.2) is 0 Å². The van der Waals surface area contributed by atoms with Crippen LogP contribution in [0.4, 0.5) is 17.2 Å². The summed E-state index contributed by atoms with van der Waals surface area (Å²) in [5.41, 5.74) is 7.76. The van der Waals surface area contributed by atoms with E-state index in [1.165, 1.54) is 7.05 Å². The van der Waals surface area contributed by atoms with Gasteiger partial charge in [0.1, 0.15) is 0 Å². The SMILES string of the molecule is CN1C(=O)c2ccc(Nc3nn(C)cc3N)cc2C1=O. The second kappa shape index (κ2) is 4.09. The Morgan fingerprint density at radius 1 is 1.15 bits per heavy atom. The molecule has 0 aliphatic carbocycles. The average molecular weight is 271 g/mol. The van der Waals surface area contributed by atoms with Crippen molar-refractivity contribution >= 4 is 29.0 Å². The Balaban J connectivity index is 1.96. The molecule has 0 atom stereocenters. The number of benzene rings is 1. The number of imide groups is 1. The molecule has 102 valence electrons. The summed E-state index contributed by atoms with van der Waals surface area (Å²) in [6.45, 7) is 0. The Labute approximate surface area is 115 Å². The van der Waals surface area contributed by atoms with E-state index in [0.717, 1.165) is 4.90 Å². The molecule has 0 fully saturated rings. The molecule has 20 heavy (non-hydrogen) atoms. The van der Waals surface area contributed by atoms with Crippen LogP contribution in [0, 0.1) is 0 Å². The minimum atomic E-state index is -0.303. The molecule has 7 nitrogen and oxygen atoms in total. The lowest BCUT2D eigenvalue weighted by atomic mass is 10.1. The quantitative estimate of drug-likeness (QED) is 0.794. The van der Waals surface area contributed by atoms with Gasteiger partial charge in [0.2, 0.25) is 0 Å². The van der Waals surface area contributed by atoms with Gasteiger partial charge in [-0.05, 0) is 18.2 Å². The fourth-order valence-electron chi connectivity index (χ4n) is 2.18. The standard InChI is InChI=1S/C13H13N5O2/c1-17-6-10(14)11(16-17)15-7-3-4-8-9(5-7)13(20)18(2)12(8)19/h3-6H,14H2,1-2H3,(H,15,16). The summed E-state index contributed by atoms with van der Waals surface area (Å²) in [5, 5.41) is 7.20. The van der Waals surface area contributed by atoms with Crippen LogP contribution in [0.3, 0.4) is 0 Å². The van der Waals surface area contributed by atoms with Crippen molar-refractivity contribution in [2.45, 2.75) is 0 Å². The summed E-state index contributed by atoms with van der Waals surface area (Å²) < 4.78 is 1.59. The first-order chi connectivity index (χ1) is 9.47. The Hall–Kier alpha value is -2.83. The number of nitrogens with zero attached hydrogens (tertiary/aromatic N) is 3. The number of carbonyl (C=O) groups is 2. The molecule has 0 saturated carbocycles. The number of hydrogen-bond acceptors (Lipinski definition) is 5. The molecular formula is C13H13N5O2. The lowest BCUT2D eigenvalue weighted by molar-refractivity contribution is 0.0693. The van der Waals surface area contributed by atoms with Crippen LogP contribution in [0.15, 0.2) is 24.4 Å². The smallest absolute Gasteiger partial charge is 0.261 e. The first kappa shape index (κ1) is 12.2. The maximum Gasteiger partial charge on any atom is 0.261 e. The zero-order valence-corrected chi connectivity index (χ0v) is 11.0. The highest BCUT2D eigenvalue weighted by Gasteiger charge is 2.32. The van der Waals surface area contributed by atoms with Crippen molar-refractivity contribution in [2.75, 3.05) is 18.1 Å². The molecule has 2 amide bonds. The van der Waals surface area contributed by atoms with Crippen molar-refractivity contribution in [3.63, 3.8) is 0 Å². The first-order valence-corrected chi connectivity index (χ1v) is 6.00. The fraction of sp³-hybridized carbons (Fsp3) is 0.154. The van der Waals surface area contributed by atoms with Crippen molar-refractivity contribution in [3.8, 4) is 0 Å². The number of nitrogens with two attached hydrogens (primary N) is 1. The number of carbonyl (C=O) groups excluding carboxylic acids is 2. The minimum absolute atomic E-state index is 0.283. The second-order valence-corrected chi connectivity index (χ2v) is 4.66. The predicted molar refractivity (Wildman–Crippen MR) is 73.8 cm³/mol. The van der Waals surface area contributed by atoms with E-state index in [-0.39, 0.29) is 11.8 Å². The zero-order chi connectivity index (χ0) is 14.4. The van der Waals surface area contributed by atoms with Gasteiger partial charge in [-0.3, -0.25) is 19.2 Å². The maximum absolute atomic E-state index is 11.9. The van der Waals surface area contributed by atoms with Crippen LogP contribution in [0.5, 0.6) is 0 Å². The summed E-state index contributed by atoms with van der Waals surface area (Å²) in [7, 11) is 3.23. The van der Waals surface area contributed by atoms with Crippen LogP contribution in [0.2, 0.25) is 0 Å². The van der Waals surface area contributed by atoms with Gasteiger partial charge in [0, 0.05) is 26.0 Å². The number of hydrogen-bond donors (Lipinski definition) is 2.